The minimum Gasteiger partial charge on any atom is -0.444 e. The summed E-state index contributed by atoms with van der Waals surface area (Å²) in [6.45, 7) is 3.86. The summed E-state index contributed by atoms with van der Waals surface area (Å²) in [6, 6.07) is 17.2. The minimum atomic E-state index is -0.273. The van der Waals surface area contributed by atoms with Crippen LogP contribution in [0, 0.1) is 5.82 Å². The van der Waals surface area contributed by atoms with Gasteiger partial charge in [0.2, 0.25) is 5.89 Å². The number of rotatable bonds is 7. The smallest absolute Gasteiger partial charge is 0.226 e. The molecule has 2 aromatic carbocycles. The lowest BCUT2D eigenvalue weighted by Crippen LogP contribution is -2.48. The van der Waals surface area contributed by atoms with Crippen LogP contribution in [-0.4, -0.2) is 48.6 Å². The normalized spacial score (nSPS) is 15.2. The van der Waals surface area contributed by atoms with Gasteiger partial charge in [0, 0.05) is 51.3 Å². The Kier molecular flexibility index (Phi) is 9.68. The first-order valence-electron chi connectivity index (χ1n) is 11.1. The van der Waals surface area contributed by atoms with Crippen LogP contribution in [0.2, 0.25) is 0 Å². The van der Waals surface area contributed by atoms with Crippen molar-refractivity contribution in [3.05, 3.63) is 77.9 Å². The Morgan fingerprint density at radius 1 is 1.12 bits per heavy atom. The largest absolute Gasteiger partial charge is 0.444 e. The zero-order chi connectivity index (χ0) is 22.2. The highest BCUT2D eigenvalue weighted by Gasteiger charge is 2.20. The van der Waals surface area contributed by atoms with Crippen LogP contribution in [0.1, 0.15) is 24.1 Å². The van der Waals surface area contributed by atoms with Gasteiger partial charge in [0.05, 0.1) is 5.69 Å². The van der Waals surface area contributed by atoms with Gasteiger partial charge in [-0.2, -0.15) is 0 Å². The average molecular weight is 563 g/mol. The number of hydrogen-bond acceptors (Lipinski definition) is 4. The first kappa shape index (κ1) is 25.2. The van der Waals surface area contributed by atoms with E-state index in [2.05, 4.69) is 55.8 Å². The molecule has 4 rings (SSSR count). The van der Waals surface area contributed by atoms with Gasteiger partial charge >= 0.3 is 0 Å². The Labute approximate surface area is 211 Å². The third-order valence-corrected chi connectivity index (χ3v) is 5.72. The monoisotopic (exact) mass is 563 g/mol. The van der Waals surface area contributed by atoms with Gasteiger partial charge in [-0.15, -0.1) is 24.0 Å². The number of halogens is 2. The molecule has 176 valence electrons. The summed E-state index contributed by atoms with van der Waals surface area (Å²) in [5.74, 6) is 1.05. The molecule has 1 aliphatic rings. The van der Waals surface area contributed by atoms with Crippen molar-refractivity contribution >= 4 is 29.9 Å². The zero-order valence-electron chi connectivity index (χ0n) is 18.8. The van der Waals surface area contributed by atoms with Gasteiger partial charge in [-0.1, -0.05) is 30.3 Å². The molecule has 2 N–H and O–H groups in total. The van der Waals surface area contributed by atoms with Crippen molar-refractivity contribution in [2.75, 3.05) is 26.7 Å². The first-order valence-corrected chi connectivity index (χ1v) is 11.1. The van der Waals surface area contributed by atoms with Gasteiger partial charge in [-0.05, 0) is 42.7 Å². The maximum absolute atomic E-state index is 13.1. The van der Waals surface area contributed by atoms with Crippen molar-refractivity contribution in [3.63, 3.8) is 0 Å². The molecule has 1 aromatic heterocycles. The fourth-order valence-corrected chi connectivity index (χ4v) is 3.92. The molecule has 0 aliphatic carbocycles. The molecule has 0 spiro atoms. The molecule has 1 fully saturated rings. The third-order valence-electron chi connectivity index (χ3n) is 5.72. The number of hydrogen-bond donors (Lipinski definition) is 2. The summed E-state index contributed by atoms with van der Waals surface area (Å²) in [6.07, 6.45) is 4.55. The maximum atomic E-state index is 13.1. The molecule has 0 atom stereocenters. The lowest BCUT2D eigenvalue weighted by molar-refractivity contribution is 0.198. The summed E-state index contributed by atoms with van der Waals surface area (Å²) >= 11 is 0. The molecule has 0 saturated carbocycles. The number of nitrogens with zero attached hydrogens (tertiary/aromatic N) is 3. The number of oxazole rings is 1. The number of benzene rings is 2. The summed E-state index contributed by atoms with van der Waals surface area (Å²) in [5.41, 5.74) is 2.98. The SMILES string of the molecule is CN=C(NCCc1coc(-c2ccc(F)cc2)n1)NC1CCN(Cc2ccccc2)CC1.I. The van der Waals surface area contributed by atoms with Gasteiger partial charge in [0.15, 0.2) is 5.96 Å². The van der Waals surface area contributed by atoms with E-state index in [-0.39, 0.29) is 29.8 Å². The standard InChI is InChI=1S/C25H30FN5O.HI/c1-27-25(30-22-12-15-31(16-13-22)17-19-5-3-2-4-6-19)28-14-11-23-18-32-24(29-23)20-7-9-21(26)10-8-20;/h2-10,18,22H,11-17H2,1H3,(H2,27,28,30);1H. The molecular weight excluding hydrogens is 532 g/mol. The summed E-state index contributed by atoms with van der Waals surface area (Å²) in [7, 11) is 1.79. The second kappa shape index (κ2) is 12.7. The van der Waals surface area contributed by atoms with Gasteiger partial charge in [-0.25, -0.2) is 9.37 Å². The number of likely N-dealkylation sites (tertiary alicyclic amines) is 1. The van der Waals surface area contributed by atoms with E-state index in [0.717, 1.165) is 49.7 Å². The Bertz CT molecular complexity index is 1000. The number of nitrogens with one attached hydrogen (secondary N) is 2. The minimum absolute atomic E-state index is 0. The van der Waals surface area contributed by atoms with Crippen LogP contribution in [0.4, 0.5) is 4.39 Å². The second-order valence-corrected chi connectivity index (χ2v) is 8.08. The van der Waals surface area contributed by atoms with E-state index in [4.69, 9.17) is 4.42 Å². The van der Waals surface area contributed by atoms with Crippen molar-refractivity contribution in [2.45, 2.75) is 31.8 Å². The molecule has 8 heteroatoms. The molecule has 6 nitrogen and oxygen atoms in total. The fraction of sp³-hybridized carbons (Fsp3) is 0.360. The molecule has 1 saturated heterocycles. The highest BCUT2D eigenvalue weighted by Crippen LogP contribution is 2.19. The van der Waals surface area contributed by atoms with E-state index in [1.807, 2.05) is 0 Å². The predicted octanol–water partition coefficient (Wildman–Crippen LogP) is 4.47. The number of aliphatic imine (C=N–C) groups is 1. The van der Waals surface area contributed by atoms with E-state index in [9.17, 15) is 4.39 Å². The molecule has 3 aromatic rings. The van der Waals surface area contributed by atoms with Crippen LogP contribution < -0.4 is 10.6 Å². The predicted molar refractivity (Wildman–Crippen MR) is 140 cm³/mol. The van der Waals surface area contributed by atoms with Crippen LogP contribution in [0.5, 0.6) is 0 Å². The number of guanidine groups is 1. The highest BCUT2D eigenvalue weighted by atomic mass is 127. The molecular formula is C25H31FIN5O. The summed E-state index contributed by atoms with van der Waals surface area (Å²) in [5, 5.41) is 6.91. The lowest BCUT2D eigenvalue weighted by Gasteiger charge is -2.33. The quantitative estimate of drug-likeness (QED) is 0.253. The molecule has 2 heterocycles. The highest BCUT2D eigenvalue weighted by molar-refractivity contribution is 14.0. The van der Waals surface area contributed by atoms with Crippen LogP contribution in [-0.2, 0) is 13.0 Å². The van der Waals surface area contributed by atoms with Crippen LogP contribution in [0.3, 0.4) is 0 Å². The van der Waals surface area contributed by atoms with Crippen molar-refractivity contribution < 1.29 is 8.81 Å². The number of aromatic nitrogens is 1. The molecule has 0 radical (unpaired) electrons. The van der Waals surface area contributed by atoms with Crippen LogP contribution >= 0.6 is 24.0 Å². The van der Waals surface area contributed by atoms with E-state index in [0.29, 0.717) is 24.9 Å². The average Bonchev–Trinajstić information content (AvgIpc) is 3.29. The van der Waals surface area contributed by atoms with Crippen LogP contribution in [0.25, 0.3) is 11.5 Å². The van der Waals surface area contributed by atoms with E-state index < -0.39 is 0 Å². The van der Waals surface area contributed by atoms with Gasteiger partial charge in [0.1, 0.15) is 12.1 Å². The molecule has 33 heavy (non-hydrogen) atoms. The van der Waals surface area contributed by atoms with Crippen molar-refractivity contribution in [1.29, 1.82) is 0 Å². The van der Waals surface area contributed by atoms with Gasteiger partial charge in [-0.3, -0.25) is 9.89 Å². The van der Waals surface area contributed by atoms with Crippen LogP contribution in [0.15, 0.2) is 70.3 Å². The Balaban J connectivity index is 0.00000306. The molecule has 0 bridgehead atoms. The topological polar surface area (TPSA) is 65.7 Å². The zero-order valence-corrected chi connectivity index (χ0v) is 21.2. The Morgan fingerprint density at radius 3 is 2.55 bits per heavy atom. The van der Waals surface area contributed by atoms with Crippen molar-refractivity contribution in [2.24, 2.45) is 4.99 Å². The maximum Gasteiger partial charge on any atom is 0.226 e. The van der Waals surface area contributed by atoms with E-state index >= 15 is 0 Å². The number of piperidine rings is 1. The van der Waals surface area contributed by atoms with E-state index in [1.54, 1.807) is 25.4 Å². The van der Waals surface area contributed by atoms with Crippen molar-refractivity contribution in [1.82, 2.24) is 20.5 Å². The molecule has 1 aliphatic heterocycles. The molecule has 0 unspecified atom stereocenters. The first-order chi connectivity index (χ1) is 15.7. The van der Waals surface area contributed by atoms with Crippen molar-refractivity contribution in [3.8, 4) is 11.5 Å². The second-order valence-electron chi connectivity index (χ2n) is 8.08. The van der Waals surface area contributed by atoms with Gasteiger partial charge < -0.3 is 15.1 Å². The third kappa shape index (κ3) is 7.53. The van der Waals surface area contributed by atoms with E-state index in [1.165, 1.54) is 17.7 Å². The summed E-state index contributed by atoms with van der Waals surface area (Å²) in [4.78, 5) is 11.4. The summed E-state index contributed by atoms with van der Waals surface area (Å²) < 4.78 is 18.6. The fourth-order valence-electron chi connectivity index (χ4n) is 3.92. The molecule has 0 amide bonds. The Morgan fingerprint density at radius 2 is 1.85 bits per heavy atom. The van der Waals surface area contributed by atoms with Gasteiger partial charge in [0.25, 0.3) is 0 Å². The lowest BCUT2D eigenvalue weighted by atomic mass is 10.0. The Hall–Kier alpha value is -2.46.